The molecule has 20 heavy (non-hydrogen) atoms. The lowest BCUT2D eigenvalue weighted by Gasteiger charge is -2.04. The molecule has 1 aromatic carbocycles. The maximum absolute atomic E-state index is 11.8. The number of methoxy groups -OCH3 is 1. The van der Waals surface area contributed by atoms with E-state index < -0.39 is 0 Å². The molecule has 0 spiro atoms. The monoisotopic (exact) mass is 290 g/mol. The Morgan fingerprint density at radius 1 is 1.35 bits per heavy atom. The van der Waals surface area contributed by atoms with E-state index in [1.807, 2.05) is 23.6 Å². The summed E-state index contributed by atoms with van der Waals surface area (Å²) in [7, 11) is 1.64. The normalized spacial score (nSPS) is 10.4. The SMILES string of the molecule is COCc1nc(CC(=O)NCCc2ccccc2)cs1. The number of aromatic nitrogens is 1. The molecule has 0 saturated heterocycles. The second-order valence-electron chi connectivity index (χ2n) is 4.43. The molecule has 0 bridgehead atoms. The van der Waals surface area contributed by atoms with Crippen LogP contribution in [0.2, 0.25) is 0 Å². The van der Waals surface area contributed by atoms with Crippen LogP contribution >= 0.6 is 11.3 Å². The van der Waals surface area contributed by atoms with E-state index in [0.29, 0.717) is 19.6 Å². The number of amides is 1. The number of rotatable bonds is 7. The van der Waals surface area contributed by atoms with Crippen molar-refractivity contribution in [2.45, 2.75) is 19.4 Å². The molecular formula is C15H18N2O2S. The highest BCUT2D eigenvalue weighted by Crippen LogP contribution is 2.11. The molecule has 0 saturated carbocycles. The fourth-order valence-corrected chi connectivity index (χ4v) is 2.60. The fraction of sp³-hybridized carbons (Fsp3) is 0.333. The molecule has 1 amide bonds. The molecule has 0 radical (unpaired) electrons. The maximum atomic E-state index is 11.8. The van der Waals surface area contributed by atoms with Gasteiger partial charge in [-0.25, -0.2) is 4.98 Å². The van der Waals surface area contributed by atoms with Crippen LogP contribution in [0.15, 0.2) is 35.7 Å². The van der Waals surface area contributed by atoms with Crippen molar-refractivity contribution < 1.29 is 9.53 Å². The van der Waals surface area contributed by atoms with Crippen molar-refractivity contribution in [1.29, 1.82) is 0 Å². The third-order valence-corrected chi connectivity index (χ3v) is 3.66. The minimum absolute atomic E-state index is 0.00944. The first-order chi connectivity index (χ1) is 9.78. The fourth-order valence-electron chi connectivity index (χ4n) is 1.84. The van der Waals surface area contributed by atoms with Crippen LogP contribution in [0.1, 0.15) is 16.3 Å². The summed E-state index contributed by atoms with van der Waals surface area (Å²) in [6.07, 6.45) is 1.17. The molecule has 106 valence electrons. The molecule has 0 atom stereocenters. The first-order valence-electron chi connectivity index (χ1n) is 6.51. The van der Waals surface area contributed by atoms with Crippen LogP contribution in [0.4, 0.5) is 0 Å². The zero-order valence-electron chi connectivity index (χ0n) is 11.5. The Hall–Kier alpha value is -1.72. The quantitative estimate of drug-likeness (QED) is 0.850. The van der Waals surface area contributed by atoms with Crippen LogP contribution < -0.4 is 5.32 Å². The number of benzene rings is 1. The van der Waals surface area contributed by atoms with Gasteiger partial charge in [0.25, 0.3) is 0 Å². The van der Waals surface area contributed by atoms with Crippen LogP contribution in [0.25, 0.3) is 0 Å². The molecule has 2 aromatic rings. The van der Waals surface area contributed by atoms with Crippen molar-refractivity contribution in [3.63, 3.8) is 0 Å². The molecular weight excluding hydrogens is 272 g/mol. The van der Waals surface area contributed by atoms with E-state index >= 15 is 0 Å². The Kier molecular flexibility index (Phi) is 5.70. The summed E-state index contributed by atoms with van der Waals surface area (Å²) in [4.78, 5) is 16.1. The van der Waals surface area contributed by atoms with Crippen molar-refractivity contribution in [2.75, 3.05) is 13.7 Å². The van der Waals surface area contributed by atoms with Gasteiger partial charge in [-0.1, -0.05) is 30.3 Å². The van der Waals surface area contributed by atoms with Gasteiger partial charge in [0.15, 0.2) is 0 Å². The second-order valence-corrected chi connectivity index (χ2v) is 5.37. The Bertz CT molecular complexity index is 540. The number of hydrogen-bond donors (Lipinski definition) is 1. The largest absolute Gasteiger partial charge is 0.378 e. The van der Waals surface area contributed by atoms with Gasteiger partial charge in [-0.3, -0.25) is 4.79 Å². The predicted octanol–water partition coefficient (Wildman–Crippen LogP) is 2.19. The van der Waals surface area contributed by atoms with Gasteiger partial charge < -0.3 is 10.1 Å². The molecule has 1 heterocycles. The zero-order valence-corrected chi connectivity index (χ0v) is 12.3. The number of carbonyl (C=O) groups is 1. The summed E-state index contributed by atoms with van der Waals surface area (Å²) >= 11 is 1.52. The van der Waals surface area contributed by atoms with E-state index in [0.717, 1.165) is 17.1 Å². The van der Waals surface area contributed by atoms with E-state index in [1.54, 1.807) is 7.11 Å². The Morgan fingerprint density at radius 2 is 2.15 bits per heavy atom. The highest BCUT2D eigenvalue weighted by molar-refractivity contribution is 7.09. The Morgan fingerprint density at radius 3 is 2.90 bits per heavy atom. The van der Waals surface area contributed by atoms with Crippen molar-refractivity contribution in [3.8, 4) is 0 Å². The highest BCUT2D eigenvalue weighted by atomic mass is 32.1. The summed E-state index contributed by atoms with van der Waals surface area (Å²) < 4.78 is 5.01. The van der Waals surface area contributed by atoms with Crippen LogP contribution in [-0.2, 0) is 29.0 Å². The average Bonchev–Trinajstić information content (AvgIpc) is 2.88. The Balaban J connectivity index is 1.72. The minimum atomic E-state index is 0.00944. The third kappa shape index (κ3) is 4.75. The molecule has 2 rings (SSSR count). The number of carbonyl (C=O) groups excluding carboxylic acids is 1. The summed E-state index contributed by atoms with van der Waals surface area (Å²) in [5.74, 6) is 0.00944. The first-order valence-corrected chi connectivity index (χ1v) is 7.38. The Labute approximate surface area is 122 Å². The molecule has 0 aliphatic rings. The van der Waals surface area contributed by atoms with E-state index in [2.05, 4.69) is 22.4 Å². The van der Waals surface area contributed by atoms with Crippen LogP contribution in [0.3, 0.4) is 0 Å². The van der Waals surface area contributed by atoms with E-state index in [9.17, 15) is 4.79 Å². The number of ether oxygens (including phenoxy) is 1. The number of hydrogen-bond acceptors (Lipinski definition) is 4. The van der Waals surface area contributed by atoms with Gasteiger partial charge in [0, 0.05) is 19.0 Å². The number of thiazole rings is 1. The minimum Gasteiger partial charge on any atom is -0.378 e. The maximum Gasteiger partial charge on any atom is 0.226 e. The van der Waals surface area contributed by atoms with Crippen LogP contribution in [0.5, 0.6) is 0 Å². The van der Waals surface area contributed by atoms with Crippen molar-refractivity contribution in [3.05, 3.63) is 52.0 Å². The van der Waals surface area contributed by atoms with Gasteiger partial charge in [-0.15, -0.1) is 11.3 Å². The smallest absolute Gasteiger partial charge is 0.226 e. The lowest BCUT2D eigenvalue weighted by molar-refractivity contribution is -0.120. The topological polar surface area (TPSA) is 51.2 Å². The van der Waals surface area contributed by atoms with E-state index in [4.69, 9.17) is 4.74 Å². The van der Waals surface area contributed by atoms with Gasteiger partial charge in [0.05, 0.1) is 18.7 Å². The van der Waals surface area contributed by atoms with Crippen LogP contribution in [-0.4, -0.2) is 24.5 Å². The highest BCUT2D eigenvalue weighted by Gasteiger charge is 2.07. The van der Waals surface area contributed by atoms with E-state index in [1.165, 1.54) is 16.9 Å². The van der Waals surface area contributed by atoms with E-state index in [-0.39, 0.29) is 5.91 Å². The summed E-state index contributed by atoms with van der Waals surface area (Å²) in [5.41, 5.74) is 2.03. The molecule has 1 aromatic heterocycles. The molecule has 4 nitrogen and oxygen atoms in total. The molecule has 0 fully saturated rings. The summed E-state index contributed by atoms with van der Waals surface area (Å²) in [6.45, 7) is 1.15. The standard InChI is InChI=1S/C15H18N2O2S/c1-19-10-15-17-13(11-20-15)9-14(18)16-8-7-12-5-3-2-4-6-12/h2-6,11H,7-10H2,1H3,(H,16,18). The summed E-state index contributed by atoms with van der Waals surface area (Å²) in [6, 6.07) is 10.1. The van der Waals surface area contributed by atoms with Crippen molar-refractivity contribution >= 4 is 17.2 Å². The average molecular weight is 290 g/mol. The van der Waals surface area contributed by atoms with Gasteiger partial charge in [0.1, 0.15) is 5.01 Å². The number of nitrogens with zero attached hydrogens (tertiary/aromatic N) is 1. The van der Waals surface area contributed by atoms with Gasteiger partial charge in [-0.05, 0) is 12.0 Å². The molecule has 0 aliphatic heterocycles. The van der Waals surface area contributed by atoms with Crippen molar-refractivity contribution in [2.24, 2.45) is 0 Å². The lowest BCUT2D eigenvalue weighted by Crippen LogP contribution is -2.27. The lowest BCUT2D eigenvalue weighted by atomic mass is 10.1. The molecule has 0 aliphatic carbocycles. The first kappa shape index (κ1) is 14.7. The van der Waals surface area contributed by atoms with Gasteiger partial charge in [0.2, 0.25) is 5.91 Å². The molecule has 1 N–H and O–H groups in total. The zero-order chi connectivity index (χ0) is 14.2. The predicted molar refractivity (Wildman–Crippen MR) is 79.7 cm³/mol. The van der Waals surface area contributed by atoms with Crippen molar-refractivity contribution in [1.82, 2.24) is 10.3 Å². The van der Waals surface area contributed by atoms with Crippen LogP contribution in [0, 0.1) is 0 Å². The second kappa shape index (κ2) is 7.77. The van der Waals surface area contributed by atoms with Gasteiger partial charge >= 0.3 is 0 Å². The third-order valence-electron chi connectivity index (χ3n) is 2.79. The molecule has 5 heteroatoms. The van der Waals surface area contributed by atoms with Gasteiger partial charge in [-0.2, -0.15) is 0 Å². The summed E-state index contributed by atoms with van der Waals surface area (Å²) in [5, 5.41) is 5.73. The molecule has 0 unspecified atom stereocenters. The number of nitrogens with one attached hydrogen (secondary N) is 1.